The molecule has 6 nitrogen and oxygen atoms in total. The number of amides is 1. The van der Waals surface area contributed by atoms with Crippen molar-refractivity contribution >= 4 is 17.4 Å². The van der Waals surface area contributed by atoms with Crippen molar-refractivity contribution < 1.29 is 14.0 Å². The number of furan rings is 1. The Hall–Kier alpha value is -3.93. The summed E-state index contributed by atoms with van der Waals surface area (Å²) in [7, 11) is 0. The van der Waals surface area contributed by atoms with Gasteiger partial charge in [-0.15, -0.1) is 0 Å². The van der Waals surface area contributed by atoms with E-state index in [4.69, 9.17) is 4.42 Å². The number of carbonyl (C=O) groups excluding carboxylic acids is 2. The van der Waals surface area contributed by atoms with Crippen molar-refractivity contribution in [1.29, 1.82) is 0 Å². The van der Waals surface area contributed by atoms with Gasteiger partial charge < -0.3 is 9.73 Å². The SMILES string of the molecule is CC(=O)c1ccccc1NC(=O)c1cn(-c2ccccc2)nc1-c1ccc(C)o1. The molecule has 0 atom stereocenters. The summed E-state index contributed by atoms with van der Waals surface area (Å²) in [5.74, 6) is 0.734. The third-order valence-electron chi connectivity index (χ3n) is 4.51. The molecule has 0 spiro atoms. The summed E-state index contributed by atoms with van der Waals surface area (Å²) < 4.78 is 7.35. The number of hydrogen-bond donors (Lipinski definition) is 1. The number of anilines is 1. The van der Waals surface area contributed by atoms with Crippen LogP contribution in [0, 0.1) is 6.92 Å². The maximum absolute atomic E-state index is 13.1. The molecular weight excluding hydrogens is 366 g/mol. The highest BCUT2D eigenvalue weighted by molar-refractivity contribution is 6.11. The average molecular weight is 385 g/mol. The number of Topliss-reactive ketones (excluding diaryl/α,β-unsaturated/α-hetero) is 1. The number of nitrogens with zero attached hydrogens (tertiary/aromatic N) is 2. The van der Waals surface area contributed by atoms with E-state index in [9.17, 15) is 9.59 Å². The first kappa shape index (κ1) is 18.4. The molecule has 1 N–H and O–H groups in total. The fraction of sp³-hybridized carbons (Fsp3) is 0.0870. The van der Waals surface area contributed by atoms with Crippen LogP contribution < -0.4 is 5.32 Å². The van der Waals surface area contributed by atoms with Crippen LogP contribution in [0.15, 0.2) is 77.3 Å². The van der Waals surface area contributed by atoms with Crippen LogP contribution in [0.2, 0.25) is 0 Å². The second kappa shape index (κ2) is 7.59. The number of ketones is 1. The van der Waals surface area contributed by atoms with Crippen molar-refractivity contribution in [3.05, 3.63) is 89.8 Å². The van der Waals surface area contributed by atoms with Gasteiger partial charge in [-0.3, -0.25) is 9.59 Å². The molecule has 4 rings (SSSR count). The molecule has 29 heavy (non-hydrogen) atoms. The van der Waals surface area contributed by atoms with Crippen LogP contribution in [0.1, 0.15) is 33.4 Å². The molecule has 1 amide bonds. The predicted octanol–water partition coefficient (Wildman–Crippen LogP) is 4.90. The van der Waals surface area contributed by atoms with E-state index < -0.39 is 0 Å². The number of aromatic nitrogens is 2. The maximum atomic E-state index is 13.1. The molecule has 0 saturated heterocycles. The van der Waals surface area contributed by atoms with Crippen LogP contribution in [-0.4, -0.2) is 21.5 Å². The quantitative estimate of drug-likeness (QED) is 0.496. The average Bonchev–Trinajstić information content (AvgIpc) is 3.35. The van der Waals surface area contributed by atoms with Crippen molar-refractivity contribution in [3.63, 3.8) is 0 Å². The maximum Gasteiger partial charge on any atom is 0.259 e. The van der Waals surface area contributed by atoms with Gasteiger partial charge in [0, 0.05) is 11.8 Å². The number of rotatable bonds is 5. The molecule has 4 aromatic rings. The first-order chi connectivity index (χ1) is 14.0. The largest absolute Gasteiger partial charge is 0.460 e. The molecule has 0 aliphatic carbocycles. The highest BCUT2D eigenvalue weighted by Crippen LogP contribution is 2.27. The van der Waals surface area contributed by atoms with E-state index in [1.165, 1.54) is 6.92 Å². The Morgan fingerprint density at radius 2 is 1.66 bits per heavy atom. The topological polar surface area (TPSA) is 77.1 Å². The van der Waals surface area contributed by atoms with Crippen LogP contribution in [0.4, 0.5) is 5.69 Å². The number of hydrogen-bond acceptors (Lipinski definition) is 4. The summed E-state index contributed by atoms with van der Waals surface area (Å²) in [5.41, 5.74) is 2.51. The summed E-state index contributed by atoms with van der Waals surface area (Å²) in [6.07, 6.45) is 1.66. The minimum Gasteiger partial charge on any atom is -0.460 e. The first-order valence-electron chi connectivity index (χ1n) is 9.16. The molecule has 0 bridgehead atoms. The van der Waals surface area contributed by atoms with E-state index in [1.54, 1.807) is 41.2 Å². The molecular formula is C23H19N3O3. The Kier molecular flexibility index (Phi) is 4.83. The molecule has 0 saturated carbocycles. The highest BCUT2D eigenvalue weighted by Gasteiger charge is 2.22. The highest BCUT2D eigenvalue weighted by atomic mass is 16.3. The van der Waals surface area contributed by atoms with Gasteiger partial charge in [-0.2, -0.15) is 5.10 Å². The third kappa shape index (κ3) is 3.73. The van der Waals surface area contributed by atoms with E-state index in [-0.39, 0.29) is 11.7 Å². The molecule has 6 heteroatoms. The zero-order valence-electron chi connectivity index (χ0n) is 16.0. The van der Waals surface area contributed by atoms with Crippen LogP contribution in [0.25, 0.3) is 17.1 Å². The molecule has 0 unspecified atom stereocenters. The van der Waals surface area contributed by atoms with Gasteiger partial charge >= 0.3 is 0 Å². The van der Waals surface area contributed by atoms with Crippen molar-refractivity contribution in [1.82, 2.24) is 9.78 Å². The Balaban J connectivity index is 1.77. The molecule has 144 valence electrons. The Morgan fingerprint density at radius 1 is 0.931 bits per heavy atom. The lowest BCUT2D eigenvalue weighted by Gasteiger charge is -2.08. The number of nitrogens with one attached hydrogen (secondary N) is 1. The van der Waals surface area contributed by atoms with Gasteiger partial charge in [-0.25, -0.2) is 4.68 Å². The monoisotopic (exact) mass is 385 g/mol. The van der Waals surface area contributed by atoms with Crippen molar-refractivity contribution in [2.24, 2.45) is 0 Å². The molecule has 0 radical (unpaired) electrons. The van der Waals surface area contributed by atoms with Gasteiger partial charge in [0.1, 0.15) is 11.5 Å². The lowest BCUT2D eigenvalue weighted by Crippen LogP contribution is -2.14. The molecule has 2 heterocycles. The van der Waals surface area contributed by atoms with Gasteiger partial charge in [-0.05, 0) is 50.2 Å². The Labute approximate surface area is 167 Å². The van der Waals surface area contributed by atoms with Gasteiger partial charge in [0.25, 0.3) is 5.91 Å². The summed E-state index contributed by atoms with van der Waals surface area (Å²) in [4.78, 5) is 25.0. The van der Waals surface area contributed by atoms with Crippen LogP contribution in [-0.2, 0) is 0 Å². The van der Waals surface area contributed by atoms with E-state index >= 15 is 0 Å². The first-order valence-corrected chi connectivity index (χ1v) is 9.16. The number of carbonyl (C=O) groups is 2. The second-order valence-electron chi connectivity index (χ2n) is 6.64. The van der Waals surface area contributed by atoms with Crippen LogP contribution in [0.5, 0.6) is 0 Å². The number of para-hydroxylation sites is 2. The van der Waals surface area contributed by atoms with Gasteiger partial charge in [0.2, 0.25) is 0 Å². The fourth-order valence-corrected chi connectivity index (χ4v) is 3.09. The van der Waals surface area contributed by atoms with Gasteiger partial charge in [0.15, 0.2) is 11.5 Å². The second-order valence-corrected chi connectivity index (χ2v) is 6.64. The summed E-state index contributed by atoms with van der Waals surface area (Å²) in [6.45, 7) is 3.30. The molecule has 2 aromatic heterocycles. The van der Waals surface area contributed by atoms with E-state index in [0.717, 1.165) is 11.4 Å². The minimum absolute atomic E-state index is 0.122. The smallest absolute Gasteiger partial charge is 0.259 e. The number of benzene rings is 2. The lowest BCUT2D eigenvalue weighted by atomic mass is 10.1. The van der Waals surface area contributed by atoms with Crippen LogP contribution in [0.3, 0.4) is 0 Å². The van der Waals surface area contributed by atoms with Crippen molar-refractivity contribution in [2.75, 3.05) is 5.32 Å². The van der Waals surface area contributed by atoms with E-state index in [2.05, 4.69) is 10.4 Å². The number of aryl methyl sites for hydroxylation is 1. The molecule has 0 aliphatic rings. The summed E-state index contributed by atoms with van der Waals surface area (Å²) in [6, 6.07) is 20.0. The summed E-state index contributed by atoms with van der Waals surface area (Å²) >= 11 is 0. The normalized spacial score (nSPS) is 10.7. The zero-order valence-corrected chi connectivity index (χ0v) is 16.0. The molecule has 2 aromatic carbocycles. The molecule has 0 aliphatic heterocycles. The van der Waals surface area contributed by atoms with Crippen molar-refractivity contribution in [2.45, 2.75) is 13.8 Å². The van der Waals surface area contributed by atoms with Crippen LogP contribution >= 0.6 is 0 Å². The Bertz CT molecular complexity index is 1190. The fourth-order valence-electron chi connectivity index (χ4n) is 3.09. The summed E-state index contributed by atoms with van der Waals surface area (Å²) in [5, 5.41) is 7.41. The Morgan fingerprint density at radius 3 is 2.34 bits per heavy atom. The van der Waals surface area contributed by atoms with Gasteiger partial charge in [0.05, 0.1) is 16.9 Å². The molecule has 0 fully saturated rings. The van der Waals surface area contributed by atoms with E-state index in [1.807, 2.05) is 43.3 Å². The van der Waals surface area contributed by atoms with E-state index in [0.29, 0.717) is 28.3 Å². The predicted molar refractivity (Wildman–Crippen MR) is 110 cm³/mol. The zero-order chi connectivity index (χ0) is 20.4. The lowest BCUT2D eigenvalue weighted by molar-refractivity contribution is 0.101. The van der Waals surface area contributed by atoms with Gasteiger partial charge in [-0.1, -0.05) is 30.3 Å². The van der Waals surface area contributed by atoms with Crippen molar-refractivity contribution in [3.8, 4) is 17.1 Å². The standard InChI is InChI=1S/C23H19N3O3/c1-15-12-13-21(29-15)22-19(14-26(25-22)17-8-4-3-5-9-17)23(28)24-20-11-7-6-10-18(20)16(2)27/h3-14H,1-2H3,(H,24,28). The minimum atomic E-state index is -0.370. The third-order valence-corrected chi connectivity index (χ3v) is 4.51.